The van der Waals surface area contributed by atoms with Crippen molar-refractivity contribution in [2.75, 3.05) is 18.0 Å². The first-order valence-corrected chi connectivity index (χ1v) is 6.90. The highest BCUT2D eigenvalue weighted by molar-refractivity contribution is 5.84. The van der Waals surface area contributed by atoms with Gasteiger partial charge in [-0.3, -0.25) is 0 Å². The van der Waals surface area contributed by atoms with Crippen LogP contribution in [0, 0.1) is 5.41 Å². The Kier molecular flexibility index (Phi) is 4.02. The van der Waals surface area contributed by atoms with Crippen molar-refractivity contribution in [2.45, 2.75) is 39.5 Å². The van der Waals surface area contributed by atoms with Crippen molar-refractivity contribution >= 4 is 11.8 Å². The summed E-state index contributed by atoms with van der Waals surface area (Å²) in [6, 6.07) is 0. The van der Waals surface area contributed by atoms with E-state index >= 15 is 0 Å². The fraction of sp³-hybridized carbons (Fsp3) is 0.643. The SMILES string of the molecule is CCC1(CC)CCN(c2cnc(C(=O)O)cn2)CC1. The molecule has 1 N–H and O–H groups in total. The minimum absolute atomic E-state index is 0.00257. The Morgan fingerprint density at radius 2 is 1.89 bits per heavy atom. The van der Waals surface area contributed by atoms with Gasteiger partial charge in [0, 0.05) is 13.1 Å². The number of carbonyl (C=O) groups is 1. The first kappa shape index (κ1) is 13.8. The highest BCUT2D eigenvalue weighted by Gasteiger charge is 2.31. The predicted octanol–water partition coefficient (Wildman–Crippen LogP) is 2.58. The summed E-state index contributed by atoms with van der Waals surface area (Å²) in [5.41, 5.74) is 0.475. The summed E-state index contributed by atoms with van der Waals surface area (Å²) < 4.78 is 0. The standard InChI is InChI=1S/C14H21N3O2/c1-3-14(4-2)5-7-17(8-6-14)12-10-15-11(9-16-12)13(18)19/h9-10H,3-8H2,1-2H3,(H,18,19). The third kappa shape index (κ3) is 2.85. The van der Waals surface area contributed by atoms with Crippen LogP contribution in [0.1, 0.15) is 50.0 Å². The zero-order valence-electron chi connectivity index (χ0n) is 11.6. The molecule has 5 heteroatoms. The molecular weight excluding hydrogens is 242 g/mol. The Hall–Kier alpha value is -1.65. The number of rotatable bonds is 4. The van der Waals surface area contributed by atoms with Crippen molar-refractivity contribution in [3.05, 3.63) is 18.1 Å². The Labute approximate surface area is 113 Å². The van der Waals surface area contributed by atoms with Gasteiger partial charge in [-0.05, 0) is 18.3 Å². The number of piperidine rings is 1. The van der Waals surface area contributed by atoms with E-state index in [1.165, 1.54) is 31.9 Å². The van der Waals surface area contributed by atoms with E-state index in [4.69, 9.17) is 5.11 Å². The molecule has 0 unspecified atom stereocenters. The maximum Gasteiger partial charge on any atom is 0.356 e. The van der Waals surface area contributed by atoms with Crippen molar-refractivity contribution in [3.8, 4) is 0 Å². The lowest BCUT2D eigenvalue weighted by atomic mass is 9.74. The zero-order valence-corrected chi connectivity index (χ0v) is 11.6. The van der Waals surface area contributed by atoms with Crippen LogP contribution in [0.4, 0.5) is 5.82 Å². The molecule has 1 aliphatic rings. The molecule has 0 aliphatic carbocycles. The molecule has 2 rings (SSSR count). The molecule has 1 aromatic heterocycles. The Balaban J connectivity index is 2.03. The van der Waals surface area contributed by atoms with Crippen LogP contribution in [0.25, 0.3) is 0 Å². The summed E-state index contributed by atoms with van der Waals surface area (Å²) in [5.74, 6) is -0.250. The number of carboxylic acids is 1. The van der Waals surface area contributed by atoms with E-state index in [-0.39, 0.29) is 5.69 Å². The van der Waals surface area contributed by atoms with Gasteiger partial charge in [-0.15, -0.1) is 0 Å². The largest absolute Gasteiger partial charge is 0.476 e. The number of nitrogens with zero attached hydrogens (tertiary/aromatic N) is 3. The maximum atomic E-state index is 10.7. The molecule has 0 atom stereocenters. The van der Waals surface area contributed by atoms with Gasteiger partial charge in [-0.2, -0.15) is 0 Å². The second-order valence-corrected chi connectivity index (χ2v) is 5.26. The van der Waals surface area contributed by atoms with E-state index in [1.54, 1.807) is 6.20 Å². The third-order valence-corrected chi connectivity index (χ3v) is 4.51. The summed E-state index contributed by atoms with van der Waals surface area (Å²) >= 11 is 0. The average Bonchev–Trinajstić information content (AvgIpc) is 2.47. The molecule has 5 nitrogen and oxygen atoms in total. The summed E-state index contributed by atoms with van der Waals surface area (Å²) in [5, 5.41) is 8.80. The van der Waals surface area contributed by atoms with E-state index in [9.17, 15) is 4.79 Å². The Morgan fingerprint density at radius 3 is 2.32 bits per heavy atom. The molecule has 19 heavy (non-hydrogen) atoms. The highest BCUT2D eigenvalue weighted by Crippen LogP contribution is 2.38. The molecule has 104 valence electrons. The van der Waals surface area contributed by atoms with Crippen molar-refractivity contribution in [1.29, 1.82) is 0 Å². The Bertz CT molecular complexity index is 431. The van der Waals surface area contributed by atoms with Crippen LogP contribution < -0.4 is 4.90 Å². The van der Waals surface area contributed by atoms with E-state index < -0.39 is 5.97 Å². The fourth-order valence-electron chi connectivity index (χ4n) is 2.76. The molecule has 0 spiro atoms. The first-order valence-electron chi connectivity index (χ1n) is 6.90. The second kappa shape index (κ2) is 5.55. The van der Waals surface area contributed by atoms with Crippen LogP contribution in [-0.2, 0) is 0 Å². The van der Waals surface area contributed by atoms with Gasteiger partial charge in [0.25, 0.3) is 0 Å². The number of carboxylic acid groups (broad SMARTS) is 1. The van der Waals surface area contributed by atoms with Gasteiger partial charge in [0.2, 0.25) is 0 Å². The molecule has 0 bridgehead atoms. The quantitative estimate of drug-likeness (QED) is 0.904. The molecule has 1 saturated heterocycles. The maximum absolute atomic E-state index is 10.7. The summed E-state index contributed by atoms with van der Waals surface area (Å²) in [6.45, 7) is 6.48. The molecule has 0 radical (unpaired) electrons. The first-order chi connectivity index (χ1) is 9.10. The summed E-state index contributed by atoms with van der Waals surface area (Å²) in [4.78, 5) is 21.1. The van der Waals surface area contributed by atoms with Crippen LogP contribution in [0.5, 0.6) is 0 Å². The van der Waals surface area contributed by atoms with Crippen LogP contribution >= 0.6 is 0 Å². The summed E-state index contributed by atoms with van der Waals surface area (Å²) in [6.07, 6.45) is 7.68. The zero-order chi connectivity index (χ0) is 13.9. The molecule has 2 heterocycles. The third-order valence-electron chi connectivity index (χ3n) is 4.51. The molecule has 0 amide bonds. The molecular formula is C14H21N3O2. The topological polar surface area (TPSA) is 66.3 Å². The summed E-state index contributed by atoms with van der Waals surface area (Å²) in [7, 11) is 0. The number of hydrogen-bond acceptors (Lipinski definition) is 4. The van der Waals surface area contributed by atoms with E-state index in [1.807, 2.05) is 0 Å². The normalized spacial score (nSPS) is 18.3. The second-order valence-electron chi connectivity index (χ2n) is 5.26. The van der Waals surface area contributed by atoms with Crippen molar-refractivity contribution in [3.63, 3.8) is 0 Å². The lowest BCUT2D eigenvalue weighted by Gasteiger charge is -2.41. The van der Waals surface area contributed by atoms with Gasteiger partial charge in [-0.25, -0.2) is 14.8 Å². The van der Waals surface area contributed by atoms with E-state index in [0.717, 1.165) is 18.9 Å². The number of anilines is 1. The monoisotopic (exact) mass is 263 g/mol. The van der Waals surface area contributed by atoms with Gasteiger partial charge < -0.3 is 10.0 Å². The Morgan fingerprint density at radius 1 is 1.26 bits per heavy atom. The highest BCUT2D eigenvalue weighted by atomic mass is 16.4. The molecule has 0 aromatic carbocycles. The predicted molar refractivity (Wildman–Crippen MR) is 73.5 cm³/mol. The lowest BCUT2D eigenvalue weighted by Crippen LogP contribution is -2.40. The van der Waals surface area contributed by atoms with E-state index in [0.29, 0.717) is 5.41 Å². The van der Waals surface area contributed by atoms with Gasteiger partial charge in [0.15, 0.2) is 5.69 Å². The lowest BCUT2D eigenvalue weighted by molar-refractivity contribution is 0.0690. The minimum atomic E-state index is -1.03. The van der Waals surface area contributed by atoms with Crippen LogP contribution in [0.15, 0.2) is 12.4 Å². The van der Waals surface area contributed by atoms with Crippen LogP contribution in [0.2, 0.25) is 0 Å². The van der Waals surface area contributed by atoms with Gasteiger partial charge in [-0.1, -0.05) is 26.7 Å². The van der Waals surface area contributed by atoms with Gasteiger partial charge in [0.05, 0.1) is 12.4 Å². The van der Waals surface area contributed by atoms with Crippen molar-refractivity contribution in [1.82, 2.24) is 9.97 Å². The number of hydrogen-bond donors (Lipinski definition) is 1. The fourth-order valence-corrected chi connectivity index (χ4v) is 2.76. The number of aromatic carboxylic acids is 1. The van der Waals surface area contributed by atoms with Crippen LogP contribution in [0.3, 0.4) is 0 Å². The molecule has 0 saturated carbocycles. The van der Waals surface area contributed by atoms with Crippen LogP contribution in [-0.4, -0.2) is 34.1 Å². The van der Waals surface area contributed by atoms with Crippen molar-refractivity contribution in [2.24, 2.45) is 5.41 Å². The number of aromatic nitrogens is 2. The van der Waals surface area contributed by atoms with E-state index in [2.05, 4.69) is 28.7 Å². The molecule has 1 aromatic rings. The smallest absolute Gasteiger partial charge is 0.356 e. The van der Waals surface area contributed by atoms with Gasteiger partial charge in [0.1, 0.15) is 5.82 Å². The minimum Gasteiger partial charge on any atom is -0.476 e. The molecule has 1 fully saturated rings. The average molecular weight is 263 g/mol. The molecule has 1 aliphatic heterocycles. The van der Waals surface area contributed by atoms with Gasteiger partial charge >= 0.3 is 5.97 Å². The van der Waals surface area contributed by atoms with Crippen molar-refractivity contribution < 1.29 is 9.90 Å².